The number of nitrogens with zero attached hydrogens (tertiary/aromatic N) is 2. The molecule has 1 aliphatic carbocycles. The number of carbonyl (C=O) groups is 3. The van der Waals surface area contributed by atoms with Gasteiger partial charge in [-0.25, -0.2) is 0 Å². The molecule has 0 fully saturated rings. The fourth-order valence-electron chi connectivity index (χ4n) is 3.29. The van der Waals surface area contributed by atoms with Crippen molar-refractivity contribution in [3.8, 4) is 0 Å². The number of amides is 1. The molecule has 0 aromatic heterocycles. The van der Waals surface area contributed by atoms with Gasteiger partial charge in [0.05, 0.1) is 0 Å². The Hall–Kier alpha value is -3.41. The Morgan fingerprint density at radius 2 is 1.50 bits per heavy atom. The van der Waals surface area contributed by atoms with Gasteiger partial charge in [0.2, 0.25) is 17.5 Å². The quantitative estimate of drug-likeness (QED) is 0.900. The van der Waals surface area contributed by atoms with Crippen LogP contribution in [0.3, 0.4) is 0 Å². The summed E-state index contributed by atoms with van der Waals surface area (Å²) in [5.41, 5.74) is 2.66. The molecule has 0 atom stereocenters. The second-order valence-corrected chi connectivity index (χ2v) is 6.47. The number of carbonyl (C=O) groups excluding carboxylic acids is 3. The first-order valence-corrected chi connectivity index (χ1v) is 8.25. The number of benzene rings is 2. The molecule has 0 bridgehead atoms. The lowest BCUT2D eigenvalue weighted by molar-refractivity contribution is -0.119. The minimum absolute atomic E-state index is 0.0126. The molecule has 1 aliphatic heterocycles. The van der Waals surface area contributed by atoms with Crippen molar-refractivity contribution in [3.05, 3.63) is 71.1 Å². The summed E-state index contributed by atoms with van der Waals surface area (Å²) in [5, 5.41) is 2.59. The lowest BCUT2D eigenvalue weighted by Crippen LogP contribution is -2.49. The maximum atomic E-state index is 13.1. The van der Waals surface area contributed by atoms with Gasteiger partial charge in [-0.15, -0.1) is 0 Å². The van der Waals surface area contributed by atoms with Gasteiger partial charge in [0.1, 0.15) is 17.9 Å². The van der Waals surface area contributed by atoms with Crippen molar-refractivity contribution < 1.29 is 14.4 Å². The minimum atomic E-state index is -0.335. The van der Waals surface area contributed by atoms with E-state index in [2.05, 4.69) is 5.32 Å². The summed E-state index contributed by atoms with van der Waals surface area (Å²) in [4.78, 5) is 41.6. The van der Waals surface area contributed by atoms with Gasteiger partial charge in [-0.05, 0) is 24.3 Å². The third-order valence-electron chi connectivity index (χ3n) is 4.61. The maximum Gasteiger partial charge on any atom is 0.244 e. The summed E-state index contributed by atoms with van der Waals surface area (Å²) in [6.45, 7) is -0.0126. The number of fused-ring (bicyclic) bond motifs is 1. The van der Waals surface area contributed by atoms with Crippen LogP contribution in [0.15, 0.2) is 59.9 Å². The van der Waals surface area contributed by atoms with Crippen LogP contribution in [0.5, 0.6) is 0 Å². The molecule has 0 spiro atoms. The molecule has 1 heterocycles. The first-order chi connectivity index (χ1) is 12.5. The molecule has 26 heavy (non-hydrogen) atoms. The average Bonchev–Trinajstić information content (AvgIpc) is 2.65. The highest BCUT2D eigenvalue weighted by molar-refractivity contribution is 6.29. The van der Waals surface area contributed by atoms with Crippen LogP contribution in [-0.2, 0) is 4.79 Å². The summed E-state index contributed by atoms with van der Waals surface area (Å²) in [7, 11) is 3.87. The van der Waals surface area contributed by atoms with E-state index in [-0.39, 0.29) is 35.4 Å². The van der Waals surface area contributed by atoms with Gasteiger partial charge in [-0.1, -0.05) is 24.3 Å². The van der Waals surface area contributed by atoms with E-state index in [1.807, 2.05) is 43.3 Å². The lowest BCUT2D eigenvalue weighted by Gasteiger charge is -2.34. The zero-order valence-electron chi connectivity index (χ0n) is 14.4. The highest BCUT2D eigenvalue weighted by atomic mass is 16.2. The predicted octanol–water partition coefficient (Wildman–Crippen LogP) is 1.98. The van der Waals surface area contributed by atoms with Crippen molar-refractivity contribution in [2.75, 3.05) is 30.4 Å². The van der Waals surface area contributed by atoms with E-state index < -0.39 is 0 Å². The van der Waals surface area contributed by atoms with Crippen molar-refractivity contribution in [1.82, 2.24) is 5.32 Å². The van der Waals surface area contributed by atoms with E-state index in [9.17, 15) is 14.4 Å². The van der Waals surface area contributed by atoms with E-state index >= 15 is 0 Å². The van der Waals surface area contributed by atoms with Crippen LogP contribution in [0, 0.1) is 0 Å². The molecule has 0 saturated heterocycles. The van der Waals surface area contributed by atoms with Crippen LogP contribution in [0.25, 0.3) is 0 Å². The Bertz CT molecular complexity index is 974. The van der Waals surface area contributed by atoms with Gasteiger partial charge >= 0.3 is 0 Å². The number of nitrogens with one attached hydrogen (secondary N) is 1. The third-order valence-corrected chi connectivity index (χ3v) is 4.61. The maximum absolute atomic E-state index is 13.1. The Balaban J connectivity index is 1.84. The molecule has 1 N–H and O–H groups in total. The Kier molecular flexibility index (Phi) is 3.61. The average molecular weight is 347 g/mol. The van der Waals surface area contributed by atoms with Gasteiger partial charge in [-0.2, -0.15) is 0 Å². The molecule has 2 aromatic rings. The highest BCUT2D eigenvalue weighted by Crippen LogP contribution is 2.32. The van der Waals surface area contributed by atoms with Gasteiger partial charge in [0, 0.05) is 36.6 Å². The standard InChI is InChI=1S/C20H17N3O3/c1-22(2)12-7-9-13(10-8-12)23-11-16(24)21-17-18(23)20(26)15-6-4-3-5-14(15)19(17)25/h3-10H,11H2,1-2H3,(H,21,24). The lowest BCUT2D eigenvalue weighted by atomic mass is 9.88. The number of Topliss-reactive ketones (excluding diaryl/α,β-unsaturated/α-hetero) is 2. The number of allylic oxidation sites excluding steroid dienone is 2. The highest BCUT2D eigenvalue weighted by Gasteiger charge is 2.39. The molecule has 0 radical (unpaired) electrons. The minimum Gasteiger partial charge on any atom is -0.378 e. The van der Waals surface area contributed by atoms with Crippen molar-refractivity contribution in [2.45, 2.75) is 0 Å². The summed E-state index contributed by atoms with van der Waals surface area (Å²) in [5.74, 6) is -0.911. The normalized spacial score (nSPS) is 16.2. The molecule has 130 valence electrons. The number of anilines is 2. The molecule has 2 aromatic carbocycles. The fourth-order valence-corrected chi connectivity index (χ4v) is 3.29. The Labute approximate surface area is 150 Å². The SMILES string of the molecule is CN(C)c1ccc(N2CC(=O)NC3=C2C(=O)c2ccccc2C3=O)cc1. The van der Waals surface area contributed by atoms with Crippen LogP contribution in [0.4, 0.5) is 11.4 Å². The smallest absolute Gasteiger partial charge is 0.244 e. The largest absolute Gasteiger partial charge is 0.378 e. The first-order valence-electron chi connectivity index (χ1n) is 8.25. The van der Waals surface area contributed by atoms with Crippen molar-refractivity contribution >= 4 is 28.8 Å². The van der Waals surface area contributed by atoms with Crippen LogP contribution in [0.2, 0.25) is 0 Å². The van der Waals surface area contributed by atoms with Gasteiger partial charge in [0.15, 0.2) is 0 Å². The molecular weight excluding hydrogens is 330 g/mol. The Morgan fingerprint density at radius 3 is 2.12 bits per heavy atom. The van der Waals surface area contributed by atoms with Crippen molar-refractivity contribution in [1.29, 1.82) is 0 Å². The predicted molar refractivity (Wildman–Crippen MR) is 98.4 cm³/mol. The van der Waals surface area contributed by atoms with Crippen LogP contribution < -0.4 is 15.1 Å². The summed E-state index contributed by atoms with van der Waals surface area (Å²) in [6.07, 6.45) is 0. The number of hydrogen-bond acceptors (Lipinski definition) is 5. The first kappa shape index (κ1) is 16.1. The molecule has 6 nitrogen and oxygen atoms in total. The molecule has 4 rings (SSSR count). The van der Waals surface area contributed by atoms with Crippen LogP contribution in [-0.4, -0.2) is 38.1 Å². The number of rotatable bonds is 2. The van der Waals surface area contributed by atoms with E-state index in [4.69, 9.17) is 0 Å². The molecule has 0 saturated carbocycles. The summed E-state index contributed by atoms with van der Waals surface area (Å²) in [6, 6.07) is 14.2. The molecular formula is C20H17N3O3. The van der Waals surface area contributed by atoms with E-state index in [1.54, 1.807) is 29.2 Å². The molecule has 1 amide bonds. The summed E-state index contributed by atoms with van der Waals surface area (Å²) < 4.78 is 0. The number of hydrogen-bond donors (Lipinski definition) is 1. The fraction of sp³-hybridized carbons (Fsp3) is 0.150. The molecule has 0 unspecified atom stereocenters. The second kappa shape index (κ2) is 5.84. The monoisotopic (exact) mass is 347 g/mol. The Morgan fingerprint density at radius 1 is 0.885 bits per heavy atom. The molecule has 2 aliphatic rings. The second-order valence-electron chi connectivity index (χ2n) is 6.47. The van der Waals surface area contributed by atoms with Crippen molar-refractivity contribution in [2.24, 2.45) is 0 Å². The third kappa shape index (κ3) is 2.38. The van der Waals surface area contributed by atoms with E-state index in [1.165, 1.54) is 0 Å². The van der Waals surface area contributed by atoms with Gasteiger partial charge < -0.3 is 15.1 Å². The van der Waals surface area contributed by atoms with Gasteiger partial charge in [0.25, 0.3) is 0 Å². The van der Waals surface area contributed by atoms with E-state index in [0.717, 1.165) is 5.69 Å². The van der Waals surface area contributed by atoms with Crippen LogP contribution in [0.1, 0.15) is 20.7 Å². The number of ketones is 2. The van der Waals surface area contributed by atoms with Crippen molar-refractivity contribution in [3.63, 3.8) is 0 Å². The zero-order chi connectivity index (χ0) is 18.4. The molecule has 6 heteroatoms. The summed E-state index contributed by atoms with van der Waals surface area (Å²) >= 11 is 0. The van der Waals surface area contributed by atoms with E-state index in [0.29, 0.717) is 16.8 Å². The van der Waals surface area contributed by atoms with Crippen LogP contribution >= 0.6 is 0 Å². The zero-order valence-corrected chi connectivity index (χ0v) is 14.4. The topological polar surface area (TPSA) is 69.7 Å². The van der Waals surface area contributed by atoms with Gasteiger partial charge in [-0.3, -0.25) is 14.4 Å².